The standard InChI is InChI=1S/C19H25N3O/c1-11-10-14(23-3)8-9-15(11)17-18(21-22(2)19(17)20)16(12-4-5-12)13-6-7-13/h8-10,12-13,16H,4-7,20H2,1-3H3. The summed E-state index contributed by atoms with van der Waals surface area (Å²) >= 11 is 0. The third-order valence-electron chi connectivity index (χ3n) is 5.40. The van der Waals surface area contributed by atoms with E-state index in [1.165, 1.54) is 42.5 Å². The van der Waals surface area contributed by atoms with Crippen molar-refractivity contribution in [1.82, 2.24) is 9.78 Å². The topological polar surface area (TPSA) is 53.1 Å². The lowest BCUT2D eigenvalue weighted by atomic mass is 9.88. The quantitative estimate of drug-likeness (QED) is 0.911. The Hall–Kier alpha value is -1.97. The smallest absolute Gasteiger partial charge is 0.129 e. The maximum Gasteiger partial charge on any atom is 0.129 e. The van der Waals surface area contributed by atoms with Crippen molar-refractivity contribution < 1.29 is 4.74 Å². The summed E-state index contributed by atoms with van der Waals surface area (Å²) < 4.78 is 7.20. The number of nitrogens with zero attached hydrogens (tertiary/aromatic N) is 2. The molecule has 0 saturated heterocycles. The fourth-order valence-corrected chi connectivity index (χ4v) is 3.85. The lowest BCUT2D eigenvalue weighted by Gasteiger charge is -2.16. The van der Waals surface area contributed by atoms with Crippen molar-refractivity contribution in [2.45, 2.75) is 38.5 Å². The van der Waals surface area contributed by atoms with Crippen LogP contribution in [-0.4, -0.2) is 16.9 Å². The van der Waals surface area contributed by atoms with E-state index in [0.29, 0.717) is 5.92 Å². The normalized spacial score (nSPS) is 17.7. The molecule has 122 valence electrons. The maximum atomic E-state index is 6.42. The fourth-order valence-electron chi connectivity index (χ4n) is 3.85. The second-order valence-corrected chi connectivity index (χ2v) is 7.15. The predicted octanol–water partition coefficient (Wildman–Crippen LogP) is 3.89. The van der Waals surface area contributed by atoms with E-state index in [1.54, 1.807) is 7.11 Å². The van der Waals surface area contributed by atoms with Crippen molar-refractivity contribution in [1.29, 1.82) is 0 Å². The molecule has 2 saturated carbocycles. The number of methoxy groups -OCH3 is 1. The Morgan fingerprint density at radius 1 is 1.22 bits per heavy atom. The van der Waals surface area contributed by atoms with Crippen LogP contribution in [0.15, 0.2) is 18.2 Å². The molecule has 2 fully saturated rings. The molecule has 4 rings (SSSR count). The number of nitrogen functional groups attached to an aromatic ring is 1. The number of ether oxygens (including phenoxy) is 1. The van der Waals surface area contributed by atoms with Gasteiger partial charge in [-0.15, -0.1) is 0 Å². The van der Waals surface area contributed by atoms with Crippen LogP contribution in [-0.2, 0) is 7.05 Å². The van der Waals surface area contributed by atoms with Crippen LogP contribution in [0.2, 0.25) is 0 Å². The van der Waals surface area contributed by atoms with E-state index in [-0.39, 0.29) is 0 Å². The molecule has 4 nitrogen and oxygen atoms in total. The van der Waals surface area contributed by atoms with Gasteiger partial charge in [0.15, 0.2) is 0 Å². The average molecular weight is 311 g/mol. The van der Waals surface area contributed by atoms with Crippen molar-refractivity contribution in [3.63, 3.8) is 0 Å². The summed E-state index contributed by atoms with van der Waals surface area (Å²) in [6.07, 6.45) is 5.38. The summed E-state index contributed by atoms with van der Waals surface area (Å²) in [5.74, 6) is 3.88. The monoisotopic (exact) mass is 311 g/mol. The van der Waals surface area contributed by atoms with Crippen LogP contribution in [0.5, 0.6) is 5.75 Å². The van der Waals surface area contributed by atoms with Crippen molar-refractivity contribution in [2.24, 2.45) is 18.9 Å². The van der Waals surface area contributed by atoms with E-state index in [0.717, 1.165) is 29.0 Å². The van der Waals surface area contributed by atoms with Crippen LogP contribution >= 0.6 is 0 Å². The summed E-state index contributed by atoms with van der Waals surface area (Å²) in [4.78, 5) is 0. The summed E-state index contributed by atoms with van der Waals surface area (Å²) in [5, 5.41) is 4.85. The van der Waals surface area contributed by atoms with Gasteiger partial charge in [0.2, 0.25) is 0 Å². The molecule has 2 aliphatic carbocycles. The lowest BCUT2D eigenvalue weighted by molar-refractivity contribution is 0.414. The first kappa shape index (κ1) is 14.6. The van der Waals surface area contributed by atoms with Gasteiger partial charge in [0.05, 0.1) is 12.8 Å². The highest BCUT2D eigenvalue weighted by Crippen LogP contribution is 2.56. The number of rotatable bonds is 5. The third kappa shape index (κ3) is 2.50. The first-order valence-corrected chi connectivity index (χ1v) is 8.57. The van der Waals surface area contributed by atoms with Crippen LogP contribution in [0.25, 0.3) is 11.1 Å². The van der Waals surface area contributed by atoms with Gasteiger partial charge in [0.1, 0.15) is 11.6 Å². The molecule has 2 N–H and O–H groups in total. The molecule has 0 aliphatic heterocycles. The molecule has 0 amide bonds. The molecule has 1 heterocycles. The summed E-state index contributed by atoms with van der Waals surface area (Å²) in [7, 11) is 3.66. The molecular formula is C19H25N3O. The Balaban J connectivity index is 1.84. The Bertz CT molecular complexity index is 729. The van der Waals surface area contributed by atoms with Gasteiger partial charge >= 0.3 is 0 Å². The maximum absolute atomic E-state index is 6.42. The molecule has 0 atom stereocenters. The molecule has 4 heteroatoms. The number of hydrogen-bond acceptors (Lipinski definition) is 3. The second kappa shape index (κ2) is 5.29. The van der Waals surface area contributed by atoms with Gasteiger partial charge in [-0.2, -0.15) is 5.10 Å². The lowest BCUT2D eigenvalue weighted by Crippen LogP contribution is -2.07. The number of benzene rings is 1. The van der Waals surface area contributed by atoms with Gasteiger partial charge in [-0.1, -0.05) is 6.07 Å². The molecule has 1 aromatic carbocycles. The summed E-state index contributed by atoms with van der Waals surface area (Å²) in [6, 6.07) is 6.22. The van der Waals surface area contributed by atoms with Gasteiger partial charge in [0, 0.05) is 18.5 Å². The number of aromatic nitrogens is 2. The van der Waals surface area contributed by atoms with Crippen LogP contribution < -0.4 is 10.5 Å². The highest BCUT2D eigenvalue weighted by Gasteiger charge is 2.45. The Labute approximate surface area is 137 Å². The van der Waals surface area contributed by atoms with Gasteiger partial charge in [-0.25, -0.2) is 0 Å². The van der Waals surface area contributed by atoms with E-state index in [1.807, 2.05) is 17.8 Å². The van der Waals surface area contributed by atoms with E-state index in [4.69, 9.17) is 15.6 Å². The van der Waals surface area contributed by atoms with Crippen LogP contribution in [0.4, 0.5) is 5.82 Å². The molecule has 0 bridgehead atoms. The largest absolute Gasteiger partial charge is 0.497 e. The van der Waals surface area contributed by atoms with Crippen LogP contribution in [0.1, 0.15) is 42.9 Å². The van der Waals surface area contributed by atoms with Gasteiger partial charge in [-0.3, -0.25) is 4.68 Å². The molecular weight excluding hydrogens is 286 g/mol. The molecule has 2 aliphatic rings. The zero-order chi connectivity index (χ0) is 16.1. The molecule has 0 spiro atoms. The average Bonchev–Trinajstić information content (AvgIpc) is 3.43. The molecule has 0 unspecified atom stereocenters. The van der Waals surface area contributed by atoms with Crippen LogP contribution in [0.3, 0.4) is 0 Å². The van der Waals surface area contributed by atoms with Crippen LogP contribution in [0, 0.1) is 18.8 Å². The molecule has 1 aromatic heterocycles. The minimum atomic E-state index is 0.593. The van der Waals surface area contributed by atoms with Gasteiger partial charge in [-0.05, 0) is 67.7 Å². The Morgan fingerprint density at radius 3 is 2.39 bits per heavy atom. The SMILES string of the molecule is COc1ccc(-c2c(C(C3CC3)C3CC3)nn(C)c2N)c(C)c1. The van der Waals surface area contributed by atoms with E-state index in [2.05, 4.69) is 19.1 Å². The van der Waals surface area contributed by atoms with Crippen molar-refractivity contribution in [2.75, 3.05) is 12.8 Å². The predicted molar refractivity (Wildman–Crippen MR) is 92.5 cm³/mol. The minimum absolute atomic E-state index is 0.593. The zero-order valence-electron chi connectivity index (χ0n) is 14.2. The highest BCUT2D eigenvalue weighted by atomic mass is 16.5. The summed E-state index contributed by atoms with van der Waals surface area (Å²) in [6.45, 7) is 2.12. The van der Waals surface area contributed by atoms with E-state index >= 15 is 0 Å². The van der Waals surface area contributed by atoms with Gasteiger partial charge in [0.25, 0.3) is 0 Å². The minimum Gasteiger partial charge on any atom is -0.497 e. The van der Waals surface area contributed by atoms with E-state index in [9.17, 15) is 0 Å². The van der Waals surface area contributed by atoms with Crippen molar-refractivity contribution >= 4 is 5.82 Å². The van der Waals surface area contributed by atoms with Crippen molar-refractivity contribution in [3.8, 4) is 16.9 Å². The number of nitrogens with two attached hydrogens (primary N) is 1. The second-order valence-electron chi connectivity index (χ2n) is 7.15. The number of aryl methyl sites for hydroxylation is 2. The molecule has 2 aromatic rings. The first-order chi connectivity index (χ1) is 11.1. The zero-order valence-corrected chi connectivity index (χ0v) is 14.2. The number of anilines is 1. The summed E-state index contributed by atoms with van der Waals surface area (Å²) in [5.41, 5.74) is 11.2. The highest BCUT2D eigenvalue weighted by molar-refractivity contribution is 5.80. The first-order valence-electron chi connectivity index (χ1n) is 8.57. The third-order valence-corrected chi connectivity index (χ3v) is 5.40. The fraction of sp³-hybridized carbons (Fsp3) is 0.526. The van der Waals surface area contributed by atoms with Crippen molar-refractivity contribution in [3.05, 3.63) is 29.5 Å². The Morgan fingerprint density at radius 2 is 1.87 bits per heavy atom. The molecule has 0 radical (unpaired) electrons. The Kier molecular flexibility index (Phi) is 3.36. The van der Waals surface area contributed by atoms with E-state index < -0.39 is 0 Å². The van der Waals surface area contributed by atoms with Gasteiger partial charge < -0.3 is 10.5 Å². The molecule has 23 heavy (non-hydrogen) atoms. The number of hydrogen-bond donors (Lipinski definition) is 1.